The number of hydrogen-bond acceptors (Lipinski definition) is 3. The summed E-state index contributed by atoms with van der Waals surface area (Å²) >= 11 is 0. The molecule has 2 atom stereocenters. The Morgan fingerprint density at radius 2 is 1.75 bits per heavy atom. The average molecular weight is 254 g/mol. The van der Waals surface area contributed by atoms with E-state index in [-0.39, 0.29) is 19.0 Å². The second-order valence-electron chi connectivity index (χ2n) is 4.54. The molecule has 0 saturated carbocycles. The van der Waals surface area contributed by atoms with Gasteiger partial charge < -0.3 is 15.1 Å². The lowest BCUT2D eigenvalue weighted by molar-refractivity contribution is 0.0634. The molecule has 0 aromatic rings. The molecule has 0 amide bonds. The van der Waals surface area contributed by atoms with Crippen LogP contribution in [-0.4, -0.2) is 48.0 Å². The Morgan fingerprint density at radius 3 is 2.19 bits per heavy atom. The zero-order valence-corrected chi connectivity index (χ0v) is 11.7. The topological polar surface area (TPSA) is 43.7 Å². The number of halogens is 1. The first-order chi connectivity index (χ1) is 7.11. The third-order valence-corrected chi connectivity index (χ3v) is 2.88. The standard InChI is InChI=1S/C12H27NO2.ClH/c1-4-5-6-7-8-11(13(2)3)9-12(15)10-14;/h11-12,14-15H,4-10H2,1-3H3;1H. The number of nitrogens with zero attached hydrogens (tertiary/aromatic N) is 1. The molecule has 0 aromatic carbocycles. The first-order valence-corrected chi connectivity index (χ1v) is 6.07. The zero-order valence-electron chi connectivity index (χ0n) is 10.9. The van der Waals surface area contributed by atoms with E-state index >= 15 is 0 Å². The van der Waals surface area contributed by atoms with Crippen molar-refractivity contribution < 1.29 is 10.2 Å². The molecule has 0 aliphatic heterocycles. The first-order valence-electron chi connectivity index (χ1n) is 6.07. The third kappa shape index (κ3) is 9.40. The van der Waals surface area contributed by atoms with Crippen LogP contribution >= 0.6 is 12.4 Å². The van der Waals surface area contributed by atoms with Crippen LogP contribution in [0, 0.1) is 0 Å². The van der Waals surface area contributed by atoms with E-state index in [1.807, 2.05) is 14.1 Å². The Labute approximate surface area is 106 Å². The number of rotatable bonds is 9. The van der Waals surface area contributed by atoms with Crippen molar-refractivity contribution in [3.63, 3.8) is 0 Å². The van der Waals surface area contributed by atoms with E-state index in [9.17, 15) is 5.11 Å². The molecular formula is C12H28ClNO2. The lowest BCUT2D eigenvalue weighted by Crippen LogP contribution is -2.33. The van der Waals surface area contributed by atoms with Crippen LogP contribution < -0.4 is 0 Å². The van der Waals surface area contributed by atoms with Crippen LogP contribution in [0.5, 0.6) is 0 Å². The highest BCUT2D eigenvalue weighted by atomic mass is 35.5. The van der Waals surface area contributed by atoms with E-state index in [2.05, 4.69) is 11.8 Å². The van der Waals surface area contributed by atoms with Gasteiger partial charge in [0.1, 0.15) is 0 Å². The van der Waals surface area contributed by atoms with Gasteiger partial charge in [-0.1, -0.05) is 32.6 Å². The number of aliphatic hydroxyl groups is 2. The van der Waals surface area contributed by atoms with Gasteiger partial charge in [0.25, 0.3) is 0 Å². The molecule has 100 valence electrons. The Morgan fingerprint density at radius 1 is 1.12 bits per heavy atom. The fourth-order valence-electron chi connectivity index (χ4n) is 1.78. The molecule has 0 aliphatic carbocycles. The van der Waals surface area contributed by atoms with Gasteiger partial charge in [-0.3, -0.25) is 0 Å². The van der Waals surface area contributed by atoms with E-state index in [0.29, 0.717) is 12.5 Å². The fraction of sp³-hybridized carbons (Fsp3) is 1.00. The summed E-state index contributed by atoms with van der Waals surface area (Å²) in [7, 11) is 4.07. The van der Waals surface area contributed by atoms with Crippen molar-refractivity contribution in [3.05, 3.63) is 0 Å². The second-order valence-corrected chi connectivity index (χ2v) is 4.54. The SMILES string of the molecule is CCCCCCC(CC(O)CO)N(C)C.Cl. The number of unbranched alkanes of at least 4 members (excludes halogenated alkanes) is 3. The lowest BCUT2D eigenvalue weighted by Gasteiger charge is -2.26. The maximum Gasteiger partial charge on any atom is 0.0785 e. The summed E-state index contributed by atoms with van der Waals surface area (Å²) in [6.45, 7) is 2.08. The molecule has 16 heavy (non-hydrogen) atoms. The maximum absolute atomic E-state index is 9.40. The predicted octanol–water partition coefficient (Wildman–Crippen LogP) is 2.05. The van der Waals surface area contributed by atoms with Crippen LogP contribution in [-0.2, 0) is 0 Å². The van der Waals surface area contributed by atoms with Gasteiger partial charge in [0.05, 0.1) is 12.7 Å². The van der Waals surface area contributed by atoms with Crippen molar-refractivity contribution in [2.45, 2.75) is 57.6 Å². The minimum Gasteiger partial charge on any atom is -0.394 e. The molecule has 0 heterocycles. The highest BCUT2D eigenvalue weighted by Crippen LogP contribution is 2.13. The quantitative estimate of drug-likeness (QED) is 0.618. The molecule has 0 radical (unpaired) electrons. The van der Waals surface area contributed by atoms with Gasteiger partial charge in [0.15, 0.2) is 0 Å². The van der Waals surface area contributed by atoms with Crippen molar-refractivity contribution in [1.82, 2.24) is 4.90 Å². The minimum absolute atomic E-state index is 0. The van der Waals surface area contributed by atoms with Gasteiger partial charge >= 0.3 is 0 Å². The van der Waals surface area contributed by atoms with E-state index < -0.39 is 6.10 Å². The normalized spacial score (nSPS) is 14.6. The van der Waals surface area contributed by atoms with Gasteiger partial charge in [-0.2, -0.15) is 0 Å². The second kappa shape index (κ2) is 11.6. The molecule has 3 nitrogen and oxygen atoms in total. The zero-order chi connectivity index (χ0) is 11.7. The molecule has 0 spiro atoms. The van der Waals surface area contributed by atoms with Crippen molar-refractivity contribution in [3.8, 4) is 0 Å². The Hall–Kier alpha value is 0.170. The third-order valence-electron chi connectivity index (χ3n) is 2.88. The van der Waals surface area contributed by atoms with Crippen LogP contribution in [0.15, 0.2) is 0 Å². The van der Waals surface area contributed by atoms with Crippen LogP contribution in [0.1, 0.15) is 45.4 Å². The van der Waals surface area contributed by atoms with Gasteiger partial charge in [0.2, 0.25) is 0 Å². The highest BCUT2D eigenvalue weighted by molar-refractivity contribution is 5.85. The van der Waals surface area contributed by atoms with E-state index in [1.54, 1.807) is 0 Å². The fourth-order valence-corrected chi connectivity index (χ4v) is 1.78. The van der Waals surface area contributed by atoms with Crippen LogP contribution in [0.3, 0.4) is 0 Å². The van der Waals surface area contributed by atoms with E-state index in [4.69, 9.17) is 5.11 Å². The molecule has 0 aliphatic rings. The molecule has 0 aromatic heterocycles. The molecule has 0 bridgehead atoms. The summed E-state index contributed by atoms with van der Waals surface area (Å²) in [4.78, 5) is 2.14. The predicted molar refractivity (Wildman–Crippen MR) is 71.2 cm³/mol. The molecule has 2 unspecified atom stereocenters. The van der Waals surface area contributed by atoms with Gasteiger partial charge in [-0.05, 0) is 26.9 Å². The van der Waals surface area contributed by atoms with Gasteiger partial charge in [-0.15, -0.1) is 12.4 Å². The van der Waals surface area contributed by atoms with Gasteiger partial charge in [0, 0.05) is 6.04 Å². The lowest BCUT2D eigenvalue weighted by atomic mass is 10.0. The monoisotopic (exact) mass is 253 g/mol. The largest absolute Gasteiger partial charge is 0.394 e. The smallest absolute Gasteiger partial charge is 0.0785 e. The average Bonchev–Trinajstić information content (AvgIpc) is 2.21. The molecular weight excluding hydrogens is 226 g/mol. The number of hydrogen-bond donors (Lipinski definition) is 2. The van der Waals surface area contributed by atoms with Crippen LogP contribution in [0.4, 0.5) is 0 Å². The van der Waals surface area contributed by atoms with Crippen LogP contribution in [0.25, 0.3) is 0 Å². The maximum atomic E-state index is 9.40. The number of aliphatic hydroxyl groups excluding tert-OH is 2. The highest BCUT2D eigenvalue weighted by Gasteiger charge is 2.15. The molecule has 2 N–H and O–H groups in total. The van der Waals surface area contributed by atoms with Crippen molar-refractivity contribution >= 4 is 12.4 Å². The summed E-state index contributed by atoms with van der Waals surface area (Å²) in [5.74, 6) is 0. The Kier molecular flexibility index (Phi) is 13.5. The van der Waals surface area contributed by atoms with E-state index in [0.717, 1.165) is 6.42 Å². The molecule has 0 fully saturated rings. The minimum atomic E-state index is -0.566. The Balaban J connectivity index is 0. The molecule has 0 rings (SSSR count). The van der Waals surface area contributed by atoms with Crippen molar-refractivity contribution in [2.75, 3.05) is 20.7 Å². The summed E-state index contributed by atoms with van der Waals surface area (Å²) in [5, 5.41) is 18.2. The van der Waals surface area contributed by atoms with Crippen LogP contribution in [0.2, 0.25) is 0 Å². The van der Waals surface area contributed by atoms with E-state index in [1.165, 1.54) is 25.7 Å². The van der Waals surface area contributed by atoms with Crippen molar-refractivity contribution in [1.29, 1.82) is 0 Å². The summed E-state index contributed by atoms with van der Waals surface area (Å²) in [5.41, 5.74) is 0. The summed E-state index contributed by atoms with van der Waals surface area (Å²) in [6, 6.07) is 0.393. The first kappa shape index (κ1) is 18.5. The summed E-state index contributed by atoms with van der Waals surface area (Å²) in [6.07, 6.45) is 6.27. The summed E-state index contributed by atoms with van der Waals surface area (Å²) < 4.78 is 0. The molecule has 0 saturated heterocycles. The van der Waals surface area contributed by atoms with Gasteiger partial charge in [-0.25, -0.2) is 0 Å². The van der Waals surface area contributed by atoms with Crippen molar-refractivity contribution in [2.24, 2.45) is 0 Å². The molecule has 4 heteroatoms. The Bertz CT molecular complexity index is 145.